The van der Waals surface area contributed by atoms with Crippen molar-refractivity contribution >= 4 is 11.7 Å². The van der Waals surface area contributed by atoms with Gasteiger partial charge in [-0.2, -0.15) is 8.78 Å². The summed E-state index contributed by atoms with van der Waals surface area (Å²) >= 11 is 0. The van der Waals surface area contributed by atoms with Gasteiger partial charge in [0.05, 0.1) is 11.6 Å². The van der Waals surface area contributed by atoms with Gasteiger partial charge in [0.2, 0.25) is 0 Å². The summed E-state index contributed by atoms with van der Waals surface area (Å²) in [4.78, 5) is 15.2. The molecule has 1 heterocycles. The van der Waals surface area contributed by atoms with Gasteiger partial charge in [-0.1, -0.05) is 18.2 Å². The zero-order valence-electron chi connectivity index (χ0n) is 14.4. The molecule has 0 amide bonds. The second-order valence-corrected chi connectivity index (χ2v) is 5.82. The summed E-state index contributed by atoms with van der Waals surface area (Å²) in [7, 11) is 0. The van der Waals surface area contributed by atoms with Gasteiger partial charge < -0.3 is 15.2 Å². The fraction of sp³-hybridized carbons (Fsp3) is 0.100. The third-order valence-electron chi connectivity index (χ3n) is 3.94. The van der Waals surface area contributed by atoms with Crippen LogP contribution in [-0.4, -0.2) is 22.7 Å². The van der Waals surface area contributed by atoms with Gasteiger partial charge in [0.25, 0.3) is 0 Å². The highest BCUT2D eigenvalue weighted by atomic mass is 19.3. The molecule has 0 fully saturated rings. The molecule has 5 nitrogen and oxygen atoms in total. The van der Waals surface area contributed by atoms with Crippen LogP contribution in [0.5, 0.6) is 5.75 Å². The number of benzene rings is 2. The lowest BCUT2D eigenvalue weighted by atomic mass is 9.99. The number of nitrogens with one attached hydrogen (secondary N) is 1. The number of anilines is 1. The van der Waals surface area contributed by atoms with Crippen molar-refractivity contribution in [3.63, 3.8) is 0 Å². The zero-order valence-corrected chi connectivity index (χ0v) is 14.4. The molecule has 144 valence electrons. The van der Waals surface area contributed by atoms with E-state index < -0.39 is 30.2 Å². The van der Waals surface area contributed by atoms with E-state index in [1.807, 2.05) is 0 Å². The number of ether oxygens (including phenoxy) is 1. The molecule has 0 spiro atoms. The fourth-order valence-electron chi connectivity index (χ4n) is 2.70. The molecule has 0 saturated heterocycles. The molecule has 3 aromatic rings. The molecule has 1 atom stereocenters. The number of carboxylic acids is 1. The smallest absolute Gasteiger partial charge is 0.387 e. The van der Waals surface area contributed by atoms with Crippen molar-refractivity contribution in [2.24, 2.45) is 0 Å². The van der Waals surface area contributed by atoms with Crippen molar-refractivity contribution < 1.29 is 27.8 Å². The molecule has 8 heteroatoms. The van der Waals surface area contributed by atoms with Gasteiger partial charge in [0.15, 0.2) is 11.6 Å². The van der Waals surface area contributed by atoms with Crippen LogP contribution < -0.4 is 10.1 Å². The number of carbonyl (C=O) groups is 1. The molecular formula is C20H15F3N2O3. The third-order valence-corrected chi connectivity index (χ3v) is 3.94. The summed E-state index contributed by atoms with van der Waals surface area (Å²) in [5.74, 6) is -2.58. The van der Waals surface area contributed by atoms with Crippen LogP contribution in [0.25, 0.3) is 0 Å². The molecule has 1 aromatic heterocycles. The first kappa shape index (κ1) is 19.2. The average molecular weight is 388 g/mol. The molecular weight excluding hydrogens is 373 g/mol. The van der Waals surface area contributed by atoms with Gasteiger partial charge in [-0.05, 0) is 47.5 Å². The molecule has 0 aliphatic heterocycles. The predicted octanol–water partition coefficient (Wildman–Crippen LogP) is 4.72. The van der Waals surface area contributed by atoms with Crippen molar-refractivity contribution in [3.8, 4) is 5.75 Å². The summed E-state index contributed by atoms with van der Waals surface area (Å²) in [6.45, 7) is -3.13. The van der Waals surface area contributed by atoms with E-state index in [1.54, 1.807) is 36.7 Å². The largest absolute Gasteiger partial charge is 0.478 e. The first-order chi connectivity index (χ1) is 13.4. The van der Waals surface area contributed by atoms with Crippen LogP contribution in [-0.2, 0) is 0 Å². The van der Waals surface area contributed by atoms with Gasteiger partial charge in [-0.25, -0.2) is 9.18 Å². The number of carboxylic acid groups (broad SMARTS) is 1. The predicted molar refractivity (Wildman–Crippen MR) is 96.1 cm³/mol. The van der Waals surface area contributed by atoms with Crippen LogP contribution >= 0.6 is 0 Å². The third kappa shape index (κ3) is 4.59. The Labute approximate surface area is 158 Å². The van der Waals surface area contributed by atoms with E-state index in [9.17, 15) is 18.0 Å². The lowest BCUT2D eigenvalue weighted by Gasteiger charge is -2.21. The Kier molecular flexibility index (Phi) is 5.78. The summed E-state index contributed by atoms with van der Waals surface area (Å²) in [6, 6.07) is 12.6. The van der Waals surface area contributed by atoms with Crippen LogP contribution in [0.2, 0.25) is 0 Å². The average Bonchev–Trinajstić information content (AvgIpc) is 2.68. The van der Waals surface area contributed by atoms with Gasteiger partial charge in [0, 0.05) is 18.1 Å². The minimum absolute atomic E-state index is 0.0850. The number of alkyl halides is 2. The lowest BCUT2D eigenvalue weighted by Crippen LogP contribution is -2.14. The van der Waals surface area contributed by atoms with Gasteiger partial charge >= 0.3 is 12.6 Å². The highest BCUT2D eigenvalue weighted by molar-refractivity contribution is 5.88. The maximum atomic E-state index is 14.2. The summed E-state index contributed by atoms with van der Waals surface area (Å²) in [6.07, 6.45) is 3.14. The Bertz CT molecular complexity index is 968. The number of aromatic nitrogens is 1. The Morgan fingerprint density at radius 2 is 1.89 bits per heavy atom. The van der Waals surface area contributed by atoms with Crippen molar-refractivity contribution in [2.75, 3.05) is 5.32 Å². The first-order valence-corrected chi connectivity index (χ1v) is 8.18. The number of pyridine rings is 1. The minimum atomic E-state index is -3.13. The number of hydrogen-bond donors (Lipinski definition) is 2. The molecule has 0 bridgehead atoms. The first-order valence-electron chi connectivity index (χ1n) is 8.18. The number of hydrogen-bond acceptors (Lipinski definition) is 4. The molecule has 0 aliphatic carbocycles. The monoisotopic (exact) mass is 388 g/mol. The normalized spacial score (nSPS) is 11.9. The number of aromatic carboxylic acids is 1. The van der Waals surface area contributed by atoms with E-state index >= 15 is 0 Å². The van der Waals surface area contributed by atoms with Gasteiger partial charge in [-0.15, -0.1) is 0 Å². The van der Waals surface area contributed by atoms with Crippen LogP contribution in [0.1, 0.15) is 27.5 Å². The SMILES string of the molecule is O=C(O)c1cccc(NC(c2cccnc2)c2ccc(OC(F)F)c(F)c2)c1. The molecule has 2 aromatic carbocycles. The van der Waals surface area contributed by atoms with Crippen molar-refractivity contribution in [2.45, 2.75) is 12.7 Å². The van der Waals surface area contributed by atoms with E-state index in [0.717, 1.165) is 12.1 Å². The maximum Gasteiger partial charge on any atom is 0.387 e. The van der Waals surface area contributed by atoms with Crippen molar-refractivity contribution in [1.29, 1.82) is 0 Å². The summed E-state index contributed by atoms with van der Waals surface area (Å²) in [5.41, 5.74) is 1.67. The van der Waals surface area contributed by atoms with Crippen LogP contribution in [0.3, 0.4) is 0 Å². The second-order valence-electron chi connectivity index (χ2n) is 5.82. The number of nitrogens with zero attached hydrogens (tertiary/aromatic N) is 1. The van der Waals surface area contributed by atoms with Crippen LogP contribution in [0.4, 0.5) is 18.9 Å². The van der Waals surface area contributed by atoms with Crippen LogP contribution in [0.15, 0.2) is 67.0 Å². The molecule has 0 saturated carbocycles. The van der Waals surface area contributed by atoms with E-state index in [2.05, 4.69) is 15.0 Å². The summed E-state index contributed by atoms with van der Waals surface area (Å²) < 4.78 is 43.1. The number of halogens is 3. The van der Waals surface area contributed by atoms with E-state index in [1.165, 1.54) is 18.2 Å². The molecule has 0 radical (unpaired) electrons. The van der Waals surface area contributed by atoms with E-state index in [0.29, 0.717) is 16.8 Å². The number of rotatable bonds is 7. The molecule has 28 heavy (non-hydrogen) atoms. The second kappa shape index (κ2) is 8.43. The van der Waals surface area contributed by atoms with Crippen LogP contribution in [0, 0.1) is 5.82 Å². The standard InChI is InChI=1S/C20H15F3N2O3/c21-16-10-12(6-7-17(16)28-20(22)23)18(14-4-2-8-24-11-14)25-15-5-1-3-13(9-15)19(26)27/h1-11,18,20,25H,(H,26,27). The van der Waals surface area contributed by atoms with Crippen molar-refractivity contribution in [3.05, 3.63) is 89.5 Å². The molecule has 2 N–H and O–H groups in total. The molecule has 1 unspecified atom stereocenters. The Balaban J connectivity index is 1.98. The lowest BCUT2D eigenvalue weighted by molar-refractivity contribution is -0.0522. The zero-order chi connectivity index (χ0) is 20.1. The van der Waals surface area contributed by atoms with Gasteiger partial charge in [0.1, 0.15) is 0 Å². The van der Waals surface area contributed by atoms with Gasteiger partial charge in [-0.3, -0.25) is 4.98 Å². The summed E-state index contributed by atoms with van der Waals surface area (Å²) in [5, 5.41) is 12.3. The Morgan fingerprint density at radius 3 is 2.54 bits per heavy atom. The quantitative estimate of drug-likeness (QED) is 0.613. The fourth-order valence-corrected chi connectivity index (χ4v) is 2.70. The molecule has 3 rings (SSSR count). The van der Waals surface area contributed by atoms with E-state index in [-0.39, 0.29) is 5.56 Å². The van der Waals surface area contributed by atoms with E-state index in [4.69, 9.17) is 5.11 Å². The topological polar surface area (TPSA) is 71.5 Å². The maximum absolute atomic E-state index is 14.2. The highest BCUT2D eigenvalue weighted by Gasteiger charge is 2.18. The Hall–Kier alpha value is -3.55. The molecule has 0 aliphatic rings. The van der Waals surface area contributed by atoms with Crippen molar-refractivity contribution in [1.82, 2.24) is 4.98 Å². The Morgan fingerprint density at radius 1 is 1.07 bits per heavy atom. The minimum Gasteiger partial charge on any atom is -0.478 e. The highest BCUT2D eigenvalue weighted by Crippen LogP contribution is 2.30.